The fourth-order valence-electron chi connectivity index (χ4n) is 4.13. The van der Waals surface area contributed by atoms with E-state index in [1.165, 1.54) is 0 Å². The van der Waals surface area contributed by atoms with E-state index in [1.54, 1.807) is 4.90 Å². The third-order valence-electron chi connectivity index (χ3n) is 5.84. The van der Waals surface area contributed by atoms with E-state index in [0.717, 1.165) is 32.4 Å². The van der Waals surface area contributed by atoms with E-state index in [0.29, 0.717) is 63.2 Å². The van der Waals surface area contributed by atoms with Crippen LogP contribution < -0.4 is 10.1 Å². The van der Waals surface area contributed by atoms with E-state index in [-0.39, 0.29) is 12.0 Å². The molecule has 184 valence electrons. The van der Waals surface area contributed by atoms with Gasteiger partial charge in [-0.05, 0) is 64.6 Å². The van der Waals surface area contributed by atoms with E-state index in [4.69, 9.17) is 14.2 Å². The summed E-state index contributed by atoms with van der Waals surface area (Å²) >= 11 is 0. The highest BCUT2D eigenvalue weighted by Gasteiger charge is 2.29. The Bertz CT molecular complexity index is 772. The van der Waals surface area contributed by atoms with Crippen LogP contribution in [0.2, 0.25) is 0 Å². The fourth-order valence-corrected chi connectivity index (χ4v) is 4.13. The summed E-state index contributed by atoms with van der Waals surface area (Å²) in [7, 11) is 0. The molecule has 0 saturated carbocycles. The van der Waals surface area contributed by atoms with Crippen LogP contribution in [0.25, 0.3) is 0 Å². The van der Waals surface area contributed by atoms with Gasteiger partial charge in [-0.25, -0.2) is 4.79 Å². The Kier molecular flexibility index (Phi) is 9.38. The van der Waals surface area contributed by atoms with Crippen LogP contribution in [0.5, 0.6) is 5.75 Å². The molecule has 1 aromatic rings. The minimum absolute atomic E-state index is 0.00171. The van der Waals surface area contributed by atoms with Gasteiger partial charge in [-0.1, -0.05) is 12.1 Å². The van der Waals surface area contributed by atoms with Gasteiger partial charge in [-0.2, -0.15) is 0 Å². The molecule has 1 fully saturated rings. The van der Waals surface area contributed by atoms with Crippen LogP contribution in [0.15, 0.2) is 24.3 Å². The number of rotatable bonds is 2. The van der Waals surface area contributed by atoms with Gasteiger partial charge in [0.1, 0.15) is 18.0 Å². The highest BCUT2D eigenvalue weighted by molar-refractivity contribution is 5.97. The van der Waals surface area contributed by atoms with Crippen molar-refractivity contribution in [2.75, 3.05) is 59.1 Å². The van der Waals surface area contributed by atoms with Crippen molar-refractivity contribution in [1.82, 2.24) is 15.1 Å². The number of amides is 2. The van der Waals surface area contributed by atoms with Gasteiger partial charge in [-0.15, -0.1) is 0 Å². The lowest BCUT2D eigenvalue weighted by molar-refractivity contribution is 0.0166. The zero-order chi connectivity index (χ0) is 23.7. The third kappa shape index (κ3) is 8.19. The molecule has 8 nitrogen and oxygen atoms in total. The second-order valence-electron chi connectivity index (χ2n) is 9.72. The molecule has 0 aliphatic carbocycles. The van der Waals surface area contributed by atoms with Crippen LogP contribution in [0, 0.1) is 5.92 Å². The van der Waals surface area contributed by atoms with Crippen LogP contribution in [0.3, 0.4) is 0 Å². The van der Waals surface area contributed by atoms with Crippen LogP contribution in [-0.4, -0.2) is 86.5 Å². The summed E-state index contributed by atoms with van der Waals surface area (Å²) in [6, 6.07) is 7.44. The zero-order valence-electron chi connectivity index (χ0n) is 20.3. The smallest absolute Gasteiger partial charge is 0.410 e. The van der Waals surface area contributed by atoms with Gasteiger partial charge in [0, 0.05) is 32.7 Å². The van der Waals surface area contributed by atoms with E-state index < -0.39 is 5.60 Å². The largest absolute Gasteiger partial charge is 0.490 e. The Balaban J connectivity index is 1.64. The topological polar surface area (TPSA) is 80.3 Å². The highest BCUT2D eigenvalue weighted by Crippen LogP contribution is 2.24. The van der Waals surface area contributed by atoms with Crippen molar-refractivity contribution in [2.24, 2.45) is 5.92 Å². The van der Waals surface area contributed by atoms with Crippen molar-refractivity contribution in [2.45, 2.75) is 45.6 Å². The maximum atomic E-state index is 13.5. The van der Waals surface area contributed by atoms with Crippen molar-refractivity contribution in [3.8, 4) is 5.75 Å². The summed E-state index contributed by atoms with van der Waals surface area (Å²) in [6.07, 6.45) is 2.33. The van der Waals surface area contributed by atoms with Gasteiger partial charge >= 0.3 is 6.09 Å². The Hall–Kier alpha value is -2.32. The number of nitrogens with one attached hydrogen (secondary N) is 1. The molecule has 1 saturated heterocycles. The number of piperidine rings is 1. The average molecular weight is 462 g/mol. The molecule has 0 spiro atoms. The van der Waals surface area contributed by atoms with Gasteiger partial charge < -0.3 is 29.3 Å². The molecule has 2 aliphatic rings. The number of ether oxygens (including phenoxy) is 3. The molecule has 0 atom stereocenters. The molecule has 0 unspecified atom stereocenters. The van der Waals surface area contributed by atoms with Crippen molar-refractivity contribution in [3.05, 3.63) is 29.8 Å². The zero-order valence-corrected chi connectivity index (χ0v) is 20.3. The molecule has 33 heavy (non-hydrogen) atoms. The first-order chi connectivity index (χ1) is 15.8. The highest BCUT2D eigenvalue weighted by atomic mass is 16.6. The second kappa shape index (κ2) is 12.2. The molecule has 2 heterocycles. The average Bonchev–Trinajstić information content (AvgIpc) is 2.78. The van der Waals surface area contributed by atoms with E-state index in [9.17, 15) is 9.59 Å². The fraction of sp³-hybridized carbons (Fsp3) is 0.680. The predicted octanol–water partition coefficient (Wildman–Crippen LogP) is 3.16. The summed E-state index contributed by atoms with van der Waals surface area (Å²) in [5.41, 5.74) is 0.0986. The lowest BCUT2D eigenvalue weighted by atomic mass is 9.96. The maximum Gasteiger partial charge on any atom is 0.410 e. The Morgan fingerprint density at radius 3 is 2.61 bits per heavy atom. The number of fused-ring (bicyclic) bond motifs is 1. The quantitative estimate of drug-likeness (QED) is 0.729. The van der Waals surface area contributed by atoms with E-state index >= 15 is 0 Å². The van der Waals surface area contributed by atoms with Crippen molar-refractivity contribution in [3.63, 3.8) is 0 Å². The minimum atomic E-state index is -0.493. The van der Waals surface area contributed by atoms with Gasteiger partial charge in [0.05, 0.1) is 18.8 Å². The lowest BCUT2D eigenvalue weighted by Gasteiger charge is -2.36. The van der Waals surface area contributed by atoms with Crippen molar-refractivity contribution < 1.29 is 23.8 Å². The van der Waals surface area contributed by atoms with Crippen LogP contribution in [0.4, 0.5) is 4.79 Å². The standard InChI is InChI=1S/C25H39N3O5/c1-25(2,3)33-24(30)27-14-9-20(10-15-27)19-28-13-6-11-26-12-16-31-17-18-32-22-8-5-4-7-21(22)23(28)29/h4-5,7-8,20,26H,6,9-19H2,1-3H3. The summed E-state index contributed by atoms with van der Waals surface area (Å²) in [5, 5.41) is 3.37. The maximum absolute atomic E-state index is 13.5. The number of hydrogen-bond acceptors (Lipinski definition) is 6. The van der Waals surface area contributed by atoms with Gasteiger partial charge in [0.15, 0.2) is 0 Å². The summed E-state index contributed by atoms with van der Waals surface area (Å²) in [5.74, 6) is 0.949. The summed E-state index contributed by atoms with van der Waals surface area (Å²) in [4.78, 5) is 29.6. The number of carbonyl (C=O) groups excluding carboxylic acids is 2. The Morgan fingerprint density at radius 2 is 1.85 bits per heavy atom. The van der Waals surface area contributed by atoms with Crippen molar-refractivity contribution >= 4 is 12.0 Å². The first kappa shape index (κ1) is 25.3. The number of nitrogens with zero attached hydrogens (tertiary/aromatic N) is 2. The molecule has 0 radical (unpaired) electrons. The molecular weight excluding hydrogens is 422 g/mol. The number of likely N-dealkylation sites (tertiary alicyclic amines) is 1. The summed E-state index contributed by atoms with van der Waals surface area (Å²) < 4.78 is 17.0. The van der Waals surface area contributed by atoms with Gasteiger partial charge in [-0.3, -0.25) is 4.79 Å². The first-order valence-corrected chi connectivity index (χ1v) is 12.1. The predicted molar refractivity (Wildman–Crippen MR) is 127 cm³/mol. The molecule has 1 N–H and O–H groups in total. The molecular formula is C25H39N3O5. The van der Waals surface area contributed by atoms with Crippen LogP contribution >= 0.6 is 0 Å². The molecule has 1 aromatic carbocycles. The van der Waals surface area contributed by atoms with Crippen LogP contribution in [-0.2, 0) is 9.47 Å². The number of carbonyl (C=O) groups is 2. The minimum Gasteiger partial charge on any atom is -0.490 e. The molecule has 2 aliphatic heterocycles. The Morgan fingerprint density at radius 1 is 1.09 bits per heavy atom. The SMILES string of the molecule is CC(C)(C)OC(=O)N1CCC(CN2CCCNCCOCCOc3ccccc3C2=O)CC1. The third-order valence-corrected chi connectivity index (χ3v) is 5.84. The second-order valence-corrected chi connectivity index (χ2v) is 9.72. The van der Waals surface area contributed by atoms with Crippen molar-refractivity contribution in [1.29, 1.82) is 0 Å². The molecule has 0 bridgehead atoms. The molecule has 2 amide bonds. The normalized spacial score (nSPS) is 19.9. The summed E-state index contributed by atoms with van der Waals surface area (Å²) in [6.45, 7) is 11.5. The molecule has 0 aromatic heterocycles. The van der Waals surface area contributed by atoms with Gasteiger partial charge in [0.2, 0.25) is 0 Å². The monoisotopic (exact) mass is 461 g/mol. The number of para-hydroxylation sites is 1. The molecule has 3 rings (SSSR count). The lowest BCUT2D eigenvalue weighted by Crippen LogP contribution is -2.45. The Labute approximate surface area is 197 Å². The molecule has 8 heteroatoms. The number of hydrogen-bond donors (Lipinski definition) is 1. The van der Waals surface area contributed by atoms with E-state index in [2.05, 4.69) is 5.32 Å². The first-order valence-electron chi connectivity index (χ1n) is 12.1. The van der Waals surface area contributed by atoms with Gasteiger partial charge in [0.25, 0.3) is 5.91 Å². The van der Waals surface area contributed by atoms with Crippen LogP contribution in [0.1, 0.15) is 50.4 Å². The number of benzene rings is 1. The van der Waals surface area contributed by atoms with E-state index in [1.807, 2.05) is 49.9 Å².